The van der Waals surface area contributed by atoms with Gasteiger partial charge in [-0.05, 0) is 18.9 Å². The third kappa shape index (κ3) is 1.77. The summed E-state index contributed by atoms with van der Waals surface area (Å²) in [4.78, 5) is 17.8. The van der Waals surface area contributed by atoms with Gasteiger partial charge in [0.05, 0.1) is 4.92 Å². The number of rotatable bonds is 3. The van der Waals surface area contributed by atoms with E-state index in [0.29, 0.717) is 17.4 Å². The molecule has 1 aliphatic rings. The molecule has 1 aliphatic carbocycles. The predicted octanol–water partition coefficient (Wildman–Crippen LogP) is 1.23. The smallest absolute Gasteiger partial charge is 0.329 e. The van der Waals surface area contributed by atoms with Gasteiger partial charge in [-0.2, -0.15) is 5.10 Å². The van der Waals surface area contributed by atoms with Gasteiger partial charge in [0.1, 0.15) is 11.9 Å². The average molecular weight is 246 g/mol. The van der Waals surface area contributed by atoms with Gasteiger partial charge in [-0.15, -0.1) is 0 Å². The SMILES string of the molecule is Nc1nc(-c2cc(C3CC3)[nH]n2)ncc1[N+](=O)[O-]. The second-order valence-electron chi connectivity index (χ2n) is 4.20. The van der Waals surface area contributed by atoms with Gasteiger partial charge in [-0.25, -0.2) is 9.97 Å². The molecule has 0 spiro atoms. The van der Waals surface area contributed by atoms with Gasteiger partial charge in [0.2, 0.25) is 5.82 Å². The molecule has 0 aliphatic heterocycles. The highest BCUT2D eigenvalue weighted by Crippen LogP contribution is 2.39. The zero-order chi connectivity index (χ0) is 12.7. The van der Waals surface area contributed by atoms with Crippen LogP contribution in [0.4, 0.5) is 11.5 Å². The first-order chi connectivity index (χ1) is 8.65. The molecule has 0 unspecified atom stereocenters. The molecule has 1 fully saturated rings. The van der Waals surface area contributed by atoms with Crippen LogP contribution in [0.25, 0.3) is 11.5 Å². The molecule has 0 aromatic carbocycles. The van der Waals surface area contributed by atoms with Crippen LogP contribution in [0, 0.1) is 10.1 Å². The molecule has 0 saturated heterocycles. The van der Waals surface area contributed by atoms with Gasteiger partial charge < -0.3 is 5.73 Å². The van der Waals surface area contributed by atoms with Gasteiger partial charge in [0.15, 0.2) is 5.82 Å². The number of nitrogens with one attached hydrogen (secondary N) is 1. The molecule has 8 nitrogen and oxygen atoms in total. The van der Waals surface area contributed by atoms with Crippen molar-refractivity contribution >= 4 is 11.5 Å². The first-order valence-corrected chi connectivity index (χ1v) is 5.47. The number of hydrogen-bond acceptors (Lipinski definition) is 6. The van der Waals surface area contributed by atoms with E-state index in [2.05, 4.69) is 20.2 Å². The number of nitrogens with zero attached hydrogens (tertiary/aromatic N) is 4. The second-order valence-corrected chi connectivity index (χ2v) is 4.20. The van der Waals surface area contributed by atoms with Crippen molar-refractivity contribution in [2.75, 3.05) is 5.73 Å². The Hall–Kier alpha value is -2.51. The van der Waals surface area contributed by atoms with Crippen LogP contribution in [0.15, 0.2) is 12.3 Å². The minimum atomic E-state index is -0.612. The molecule has 18 heavy (non-hydrogen) atoms. The van der Waals surface area contributed by atoms with Gasteiger partial charge in [-0.1, -0.05) is 0 Å². The van der Waals surface area contributed by atoms with Crippen LogP contribution in [0.5, 0.6) is 0 Å². The van der Waals surface area contributed by atoms with E-state index in [0.717, 1.165) is 24.7 Å². The summed E-state index contributed by atoms with van der Waals surface area (Å²) >= 11 is 0. The largest absolute Gasteiger partial charge is 0.378 e. The van der Waals surface area contributed by atoms with Crippen molar-refractivity contribution in [2.24, 2.45) is 0 Å². The van der Waals surface area contributed by atoms with E-state index in [1.165, 1.54) is 0 Å². The maximum atomic E-state index is 10.6. The fourth-order valence-corrected chi connectivity index (χ4v) is 1.71. The van der Waals surface area contributed by atoms with E-state index in [1.54, 1.807) is 0 Å². The number of nitrogen functional groups attached to an aromatic ring is 1. The van der Waals surface area contributed by atoms with E-state index in [-0.39, 0.29) is 11.5 Å². The van der Waals surface area contributed by atoms with E-state index in [9.17, 15) is 10.1 Å². The van der Waals surface area contributed by atoms with Crippen LogP contribution in [0.2, 0.25) is 0 Å². The monoisotopic (exact) mass is 246 g/mol. The lowest BCUT2D eigenvalue weighted by atomic mass is 10.2. The highest BCUT2D eigenvalue weighted by atomic mass is 16.6. The third-order valence-electron chi connectivity index (χ3n) is 2.84. The molecule has 92 valence electrons. The Morgan fingerprint density at radius 1 is 1.50 bits per heavy atom. The number of hydrogen-bond donors (Lipinski definition) is 2. The molecule has 1 saturated carbocycles. The van der Waals surface area contributed by atoms with Crippen LogP contribution in [-0.4, -0.2) is 25.1 Å². The summed E-state index contributed by atoms with van der Waals surface area (Å²) in [6, 6.07) is 1.86. The van der Waals surface area contributed by atoms with E-state index in [4.69, 9.17) is 5.73 Å². The molecular formula is C10H10N6O2. The van der Waals surface area contributed by atoms with Crippen molar-refractivity contribution in [3.05, 3.63) is 28.1 Å². The maximum absolute atomic E-state index is 10.6. The number of aromatic nitrogens is 4. The molecule has 0 bridgehead atoms. The number of aromatic amines is 1. The molecule has 2 aromatic heterocycles. The van der Waals surface area contributed by atoms with E-state index in [1.807, 2.05) is 6.07 Å². The summed E-state index contributed by atoms with van der Waals surface area (Å²) in [6.45, 7) is 0. The zero-order valence-corrected chi connectivity index (χ0v) is 9.33. The van der Waals surface area contributed by atoms with Gasteiger partial charge in [0.25, 0.3) is 0 Å². The number of nitrogens with two attached hydrogens (primary N) is 1. The van der Waals surface area contributed by atoms with E-state index < -0.39 is 4.92 Å². The van der Waals surface area contributed by atoms with Crippen molar-refractivity contribution in [3.63, 3.8) is 0 Å². The summed E-state index contributed by atoms with van der Waals surface area (Å²) in [7, 11) is 0. The molecule has 2 aromatic rings. The van der Waals surface area contributed by atoms with Crippen LogP contribution < -0.4 is 5.73 Å². The van der Waals surface area contributed by atoms with Crippen molar-refractivity contribution < 1.29 is 4.92 Å². The first-order valence-electron chi connectivity index (χ1n) is 5.47. The fraction of sp³-hybridized carbons (Fsp3) is 0.300. The summed E-state index contributed by atoms with van der Waals surface area (Å²) in [5.74, 6) is 0.684. The molecule has 0 atom stereocenters. The minimum Gasteiger partial charge on any atom is -0.378 e. The van der Waals surface area contributed by atoms with Gasteiger partial charge in [-0.3, -0.25) is 15.2 Å². The number of nitro groups is 1. The Labute approximate surface area is 101 Å². The highest BCUT2D eigenvalue weighted by Gasteiger charge is 2.26. The molecule has 8 heteroatoms. The minimum absolute atomic E-state index is 0.152. The van der Waals surface area contributed by atoms with Crippen molar-refractivity contribution in [1.29, 1.82) is 0 Å². The molecule has 3 N–H and O–H groups in total. The van der Waals surface area contributed by atoms with Crippen LogP contribution in [0.1, 0.15) is 24.5 Å². The molecule has 0 amide bonds. The summed E-state index contributed by atoms with van der Waals surface area (Å²) < 4.78 is 0. The lowest BCUT2D eigenvalue weighted by molar-refractivity contribution is -0.384. The molecular weight excluding hydrogens is 236 g/mol. The Balaban J connectivity index is 1.95. The normalized spacial score (nSPS) is 14.7. The summed E-state index contributed by atoms with van der Waals surface area (Å²) in [5, 5.41) is 17.6. The van der Waals surface area contributed by atoms with Crippen molar-refractivity contribution in [2.45, 2.75) is 18.8 Å². The van der Waals surface area contributed by atoms with Gasteiger partial charge in [0, 0.05) is 11.6 Å². The number of H-pyrrole nitrogens is 1. The second kappa shape index (κ2) is 3.76. The quantitative estimate of drug-likeness (QED) is 0.620. The van der Waals surface area contributed by atoms with Crippen LogP contribution in [-0.2, 0) is 0 Å². The molecule has 2 heterocycles. The maximum Gasteiger partial charge on any atom is 0.329 e. The topological polar surface area (TPSA) is 124 Å². The summed E-state index contributed by atoms with van der Waals surface area (Å²) in [5.41, 5.74) is 6.81. The zero-order valence-electron chi connectivity index (χ0n) is 9.33. The Morgan fingerprint density at radius 3 is 2.89 bits per heavy atom. The average Bonchev–Trinajstić information content (AvgIpc) is 3.06. The van der Waals surface area contributed by atoms with Crippen molar-refractivity contribution in [3.8, 4) is 11.5 Å². The predicted molar refractivity (Wildman–Crippen MR) is 62.7 cm³/mol. The fourth-order valence-electron chi connectivity index (χ4n) is 1.71. The molecule has 3 rings (SSSR count). The first kappa shape index (κ1) is 10.6. The van der Waals surface area contributed by atoms with Gasteiger partial charge >= 0.3 is 5.69 Å². The lowest BCUT2D eigenvalue weighted by Crippen LogP contribution is -2.01. The standard InChI is InChI=1S/C10H10N6O2/c11-9-8(16(17)18)4-12-10(13-9)7-3-6(14-15-7)5-1-2-5/h3-5H,1-2H2,(H,14,15)(H2,11,12,13). The van der Waals surface area contributed by atoms with Crippen molar-refractivity contribution in [1.82, 2.24) is 20.2 Å². The summed E-state index contributed by atoms with van der Waals surface area (Å²) in [6.07, 6.45) is 3.42. The lowest BCUT2D eigenvalue weighted by Gasteiger charge is -1.97. The Bertz CT molecular complexity index is 619. The Morgan fingerprint density at radius 2 is 2.28 bits per heavy atom. The third-order valence-corrected chi connectivity index (χ3v) is 2.84. The number of anilines is 1. The molecule has 0 radical (unpaired) electrons. The highest BCUT2D eigenvalue weighted by molar-refractivity contribution is 5.58. The van der Waals surface area contributed by atoms with Crippen LogP contribution >= 0.6 is 0 Å². The Kier molecular flexibility index (Phi) is 2.22. The van der Waals surface area contributed by atoms with E-state index >= 15 is 0 Å². The van der Waals surface area contributed by atoms with Crippen LogP contribution in [0.3, 0.4) is 0 Å².